The molecule has 108 valence electrons. The summed E-state index contributed by atoms with van der Waals surface area (Å²) >= 11 is 4.10. The molecule has 5 heteroatoms. The molecular formula is C14H21IO3S. The number of fused-ring (bicyclic) bond motifs is 3. The van der Waals surface area contributed by atoms with Crippen LogP contribution in [0, 0.1) is 23.2 Å². The van der Waals surface area contributed by atoms with Crippen LogP contribution in [0.25, 0.3) is 0 Å². The maximum atomic E-state index is 6.05. The Kier molecular flexibility index (Phi) is 4.79. The first-order chi connectivity index (χ1) is 8.85. The van der Waals surface area contributed by atoms with Gasteiger partial charge in [0.1, 0.15) is 4.11 Å². The topological polar surface area (TPSA) is 27.7 Å². The highest BCUT2D eigenvalue weighted by molar-refractivity contribution is 14.1. The van der Waals surface area contributed by atoms with Gasteiger partial charge < -0.3 is 14.2 Å². The summed E-state index contributed by atoms with van der Waals surface area (Å²) in [5.74, 6) is 3.36. The zero-order chi connectivity index (χ0) is 14.1. The van der Waals surface area contributed by atoms with Crippen LogP contribution in [0.5, 0.6) is 0 Å². The first kappa shape index (κ1) is 15.9. The standard InChI is InChI=1S/C14H21IO3S/c1-5-6-7-19-10-14-16-8-13(9-17-14,11(15)18-14)12(2,3)4/h1,11H,6-10H2,2-4H3. The molecule has 0 radical (unpaired) electrons. The Labute approximate surface area is 133 Å². The van der Waals surface area contributed by atoms with Crippen LogP contribution in [0.15, 0.2) is 0 Å². The van der Waals surface area contributed by atoms with Crippen molar-refractivity contribution < 1.29 is 14.2 Å². The molecule has 0 amide bonds. The molecule has 1 atom stereocenters. The lowest BCUT2D eigenvalue weighted by Crippen LogP contribution is -2.67. The van der Waals surface area contributed by atoms with E-state index in [9.17, 15) is 0 Å². The summed E-state index contributed by atoms with van der Waals surface area (Å²) in [6.45, 7) is 8.04. The Morgan fingerprint density at radius 1 is 1.37 bits per heavy atom. The summed E-state index contributed by atoms with van der Waals surface area (Å²) in [4.78, 5) is 0. The number of hydrogen-bond acceptors (Lipinski definition) is 4. The van der Waals surface area contributed by atoms with Crippen LogP contribution in [-0.4, -0.2) is 34.8 Å². The Morgan fingerprint density at radius 3 is 2.47 bits per heavy atom. The molecule has 3 rings (SSSR count). The molecule has 0 aliphatic carbocycles. The van der Waals surface area contributed by atoms with E-state index in [4.69, 9.17) is 20.6 Å². The third-order valence-electron chi connectivity index (χ3n) is 3.98. The first-order valence-corrected chi connectivity index (χ1v) is 8.86. The van der Waals surface area contributed by atoms with Gasteiger partial charge in [-0.25, -0.2) is 0 Å². The molecule has 0 aromatic heterocycles. The Morgan fingerprint density at radius 2 is 2.00 bits per heavy atom. The van der Waals surface area contributed by atoms with E-state index in [-0.39, 0.29) is 14.9 Å². The Balaban J connectivity index is 1.99. The lowest BCUT2D eigenvalue weighted by atomic mass is 9.67. The van der Waals surface area contributed by atoms with Gasteiger partial charge in [-0.1, -0.05) is 43.4 Å². The van der Waals surface area contributed by atoms with Gasteiger partial charge in [0.05, 0.1) is 24.4 Å². The SMILES string of the molecule is C#CCCSCC12OCC(C(C)(C)C)(CO1)C(I)O2. The van der Waals surface area contributed by atoms with Crippen molar-refractivity contribution in [2.45, 2.75) is 37.3 Å². The summed E-state index contributed by atoms with van der Waals surface area (Å²) in [5.41, 5.74) is 0.0147. The average Bonchev–Trinajstić information content (AvgIpc) is 2.34. The fourth-order valence-electron chi connectivity index (χ4n) is 2.25. The molecule has 3 aliphatic heterocycles. The van der Waals surface area contributed by atoms with Crippen molar-refractivity contribution in [2.75, 3.05) is 24.7 Å². The van der Waals surface area contributed by atoms with Gasteiger partial charge in [0, 0.05) is 12.2 Å². The van der Waals surface area contributed by atoms with Crippen LogP contribution in [0.4, 0.5) is 0 Å². The average molecular weight is 396 g/mol. The Hall–Kier alpha value is 0.520. The van der Waals surface area contributed by atoms with Crippen molar-refractivity contribution >= 4 is 34.4 Å². The van der Waals surface area contributed by atoms with E-state index in [1.165, 1.54) is 0 Å². The van der Waals surface area contributed by atoms with Gasteiger partial charge in [-0.15, -0.1) is 12.3 Å². The second-order valence-corrected chi connectivity index (χ2v) is 8.34. The zero-order valence-corrected chi connectivity index (χ0v) is 14.7. The highest BCUT2D eigenvalue weighted by Crippen LogP contribution is 2.55. The smallest absolute Gasteiger partial charge is 0.293 e. The minimum atomic E-state index is -0.863. The van der Waals surface area contributed by atoms with E-state index < -0.39 is 5.97 Å². The largest absolute Gasteiger partial charge is 0.326 e. The maximum Gasteiger partial charge on any atom is 0.293 e. The quantitative estimate of drug-likeness (QED) is 0.316. The van der Waals surface area contributed by atoms with Crippen LogP contribution in [0.3, 0.4) is 0 Å². The highest BCUT2D eigenvalue weighted by Gasteiger charge is 2.61. The number of rotatable bonds is 4. The predicted octanol–water partition coefficient (Wildman–Crippen LogP) is 3.27. The third-order valence-corrected chi connectivity index (χ3v) is 6.48. The van der Waals surface area contributed by atoms with Crippen molar-refractivity contribution in [2.24, 2.45) is 10.8 Å². The lowest BCUT2D eigenvalue weighted by molar-refractivity contribution is -0.472. The summed E-state index contributed by atoms with van der Waals surface area (Å²) in [6.07, 6.45) is 6.01. The number of halogens is 1. The molecule has 0 aromatic rings. The van der Waals surface area contributed by atoms with Gasteiger partial charge in [0.2, 0.25) is 0 Å². The predicted molar refractivity (Wildman–Crippen MR) is 86.2 cm³/mol. The van der Waals surface area contributed by atoms with Crippen LogP contribution >= 0.6 is 34.4 Å². The van der Waals surface area contributed by atoms with Crippen LogP contribution in [-0.2, 0) is 14.2 Å². The van der Waals surface area contributed by atoms with Gasteiger partial charge in [0.25, 0.3) is 5.97 Å². The monoisotopic (exact) mass is 396 g/mol. The van der Waals surface area contributed by atoms with Crippen molar-refractivity contribution in [3.63, 3.8) is 0 Å². The maximum absolute atomic E-state index is 6.05. The molecular weight excluding hydrogens is 375 g/mol. The minimum Gasteiger partial charge on any atom is -0.326 e. The lowest BCUT2D eigenvalue weighted by Gasteiger charge is -2.59. The van der Waals surface area contributed by atoms with E-state index in [1.54, 1.807) is 11.8 Å². The van der Waals surface area contributed by atoms with Gasteiger partial charge in [-0.3, -0.25) is 0 Å². The number of ether oxygens (including phenoxy) is 3. The number of thioether (sulfide) groups is 1. The van der Waals surface area contributed by atoms with Crippen LogP contribution < -0.4 is 0 Å². The highest BCUT2D eigenvalue weighted by atomic mass is 127. The Bertz CT molecular complexity index is 364. The summed E-state index contributed by atoms with van der Waals surface area (Å²) in [5, 5.41) is 0. The molecule has 0 spiro atoms. The number of hydrogen-bond donors (Lipinski definition) is 0. The molecule has 19 heavy (non-hydrogen) atoms. The van der Waals surface area contributed by atoms with Gasteiger partial charge >= 0.3 is 0 Å². The van der Waals surface area contributed by atoms with Gasteiger partial charge in [-0.2, -0.15) is 11.8 Å². The molecule has 0 saturated carbocycles. The third kappa shape index (κ3) is 2.93. The van der Waals surface area contributed by atoms with E-state index in [0.29, 0.717) is 19.0 Å². The van der Waals surface area contributed by atoms with E-state index >= 15 is 0 Å². The van der Waals surface area contributed by atoms with E-state index in [0.717, 1.165) is 12.2 Å². The van der Waals surface area contributed by atoms with Gasteiger partial charge in [0.15, 0.2) is 0 Å². The van der Waals surface area contributed by atoms with Crippen molar-refractivity contribution in [3.05, 3.63) is 0 Å². The van der Waals surface area contributed by atoms with Crippen molar-refractivity contribution in [3.8, 4) is 12.3 Å². The molecule has 3 aliphatic rings. The second-order valence-electron chi connectivity index (χ2n) is 6.11. The van der Waals surface area contributed by atoms with Gasteiger partial charge in [-0.05, 0) is 5.41 Å². The van der Waals surface area contributed by atoms with E-state index in [1.807, 2.05) is 0 Å². The molecule has 2 bridgehead atoms. The van der Waals surface area contributed by atoms with Crippen LogP contribution in [0.1, 0.15) is 27.2 Å². The normalized spacial score (nSPS) is 38.2. The molecule has 0 N–H and O–H groups in total. The molecule has 3 fully saturated rings. The zero-order valence-electron chi connectivity index (χ0n) is 11.7. The summed E-state index contributed by atoms with van der Waals surface area (Å²) in [7, 11) is 0. The molecule has 0 aromatic carbocycles. The van der Waals surface area contributed by atoms with Crippen LogP contribution in [0.2, 0.25) is 0 Å². The summed E-state index contributed by atoms with van der Waals surface area (Å²) < 4.78 is 18.0. The molecule has 3 saturated heterocycles. The second kappa shape index (κ2) is 5.72. The molecule has 1 unspecified atom stereocenters. The van der Waals surface area contributed by atoms with E-state index in [2.05, 4.69) is 49.3 Å². The molecule has 3 nitrogen and oxygen atoms in total. The number of alkyl halides is 1. The fourth-order valence-corrected chi connectivity index (χ4v) is 4.82. The molecule has 3 heterocycles. The summed E-state index contributed by atoms with van der Waals surface area (Å²) in [6, 6.07) is 0. The minimum absolute atomic E-state index is 0.0706. The fraction of sp³-hybridized carbons (Fsp3) is 0.857. The number of terminal acetylenes is 1. The first-order valence-electron chi connectivity index (χ1n) is 6.46. The van der Waals surface area contributed by atoms with Crippen molar-refractivity contribution in [1.82, 2.24) is 0 Å². The van der Waals surface area contributed by atoms with Crippen molar-refractivity contribution in [1.29, 1.82) is 0 Å².